The predicted molar refractivity (Wildman–Crippen MR) is 197 cm³/mol. The average molecular weight is 628 g/mol. The van der Waals surface area contributed by atoms with Crippen molar-refractivity contribution in [3.05, 3.63) is 151 Å². The third kappa shape index (κ3) is 3.87. The van der Waals surface area contributed by atoms with Gasteiger partial charge in [0.25, 0.3) is 0 Å². The molecule has 1 aliphatic heterocycles. The number of imidazole rings is 2. The molecule has 5 heterocycles. The van der Waals surface area contributed by atoms with Crippen LogP contribution in [0.2, 0.25) is 0 Å². The molecule has 0 fully saturated rings. The highest BCUT2D eigenvalue weighted by Crippen LogP contribution is 2.37. The lowest BCUT2D eigenvalue weighted by molar-refractivity contribution is 1.15. The van der Waals surface area contributed by atoms with Crippen LogP contribution in [0.5, 0.6) is 0 Å². The molecule has 0 saturated heterocycles. The van der Waals surface area contributed by atoms with Gasteiger partial charge >= 0.3 is 0 Å². The van der Waals surface area contributed by atoms with Crippen LogP contribution in [0.3, 0.4) is 0 Å². The summed E-state index contributed by atoms with van der Waals surface area (Å²) in [6.45, 7) is 0. The smallest absolute Gasteiger partial charge is 0.149 e. The second-order valence-electron chi connectivity index (χ2n) is 12.6. The monoisotopic (exact) mass is 627 g/mol. The molecule has 6 aromatic carbocycles. The molecule has 11 rings (SSSR count). The van der Waals surface area contributed by atoms with Crippen LogP contribution in [0.25, 0.3) is 77.9 Å². The summed E-state index contributed by atoms with van der Waals surface area (Å²) in [6.07, 6.45) is 0.752. The van der Waals surface area contributed by atoms with Crippen molar-refractivity contribution < 1.29 is 0 Å². The molecule has 10 aromatic rings. The van der Waals surface area contributed by atoms with Crippen LogP contribution >= 0.6 is 0 Å². The van der Waals surface area contributed by atoms with E-state index in [1.54, 1.807) is 0 Å². The summed E-state index contributed by atoms with van der Waals surface area (Å²) in [5, 5.41) is 2.02. The zero-order valence-corrected chi connectivity index (χ0v) is 26.1. The Hall–Kier alpha value is -6.73. The van der Waals surface area contributed by atoms with Gasteiger partial charge in [0.1, 0.15) is 22.9 Å². The lowest BCUT2D eigenvalue weighted by Gasteiger charge is -2.15. The van der Waals surface area contributed by atoms with Gasteiger partial charge in [-0.25, -0.2) is 19.9 Å². The van der Waals surface area contributed by atoms with Gasteiger partial charge < -0.3 is 0 Å². The molecule has 0 N–H and O–H groups in total. The van der Waals surface area contributed by atoms with Gasteiger partial charge in [-0.3, -0.25) is 13.8 Å². The Kier molecular flexibility index (Phi) is 5.32. The molecule has 7 heteroatoms. The standard InChI is InChI=1S/C42H25N7/c1-4-14-31-25(11-1)24-36(43-31)26-21-27(39-44-32-15-5-2-12-29(32)41-46-34-17-7-9-19-37(34)48(39)41)23-28(22-26)40-45-33-16-6-3-13-30(33)42-47-35-18-8-10-20-38(35)49(40)42/h1-23H,24H2. The van der Waals surface area contributed by atoms with Gasteiger partial charge in [-0.1, -0.05) is 66.7 Å². The molecule has 0 bridgehead atoms. The molecular formula is C42H25N7. The number of aromatic nitrogens is 6. The molecule has 1 aliphatic rings. The highest BCUT2D eigenvalue weighted by atomic mass is 15.1. The Morgan fingerprint density at radius 1 is 0.429 bits per heavy atom. The van der Waals surface area contributed by atoms with E-state index in [1.807, 2.05) is 42.5 Å². The maximum atomic E-state index is 5.33. The fourth-order valence-electron chi connectivity index (χ4n) is 7.43. The molecule has 49 heavy (non-hydrogen) atoms. The minimum atomic E-state index is 0.752. The molecule has 0 aliphatic carbocycles. The Bertz CT molecular complexity index is 2870. The lowest BCUT2D eigenvalue weighted by atomic mass is 9.98. The van der Waals surface area contributed by atoms with Crippen LogP contribution in [0, 0.1) is 0 Å². The van der Waals surface area contributed by atoms with Crippen LogP contribution in [0.15, 0.2) is 145 Å². The molecule has 0 spiro atoms. The molecular weight excluding hydrogens is 603 g/mol. The topological polar surface area (TPSA) is 72.7 Å². The van der Waals surface area contributed by atoms with E-state index in [0.29, 0.717) is 0 Å². The average Bonchev–Trinajstić information content (AvgIpc) is 3.88. The molecule has 0 unspecified atom stereocenters. The van der Waals surface area contributed by atoms with Crippen LogP contribution in [0.1, 0.15) is 11.1 Å². The van der Waals surface area contributed by atoms with E-state index in [1.165, 1.54) is 5.56 Å². The highest BCUT2D eigenvalue weighted by molar-refractivity contribution is 6.08. The number of benzene rings is 6. The Morgan fingerprint density at radius 3 is 1.47 bits per heavy atom. The highest BCUT2D eigenvalue weighted by Gasteiger charge is 2.22. The zero-order chi connectivity index (χ0) is 32.1. The van der Waals surface area contributed by atoms with Gasteiger partial charge in [0.05, 0.1) is 44.5 Å². The maximum absolute atomic E-state index is 5.33. The molecule has 0 radical (unpaired) electrons. The van der Waals surface area contributed by atoms with Gasteiger partial charge in [0.2, 0.25) is 0 Å². The fraction of sp³-hybridized carbons (Fsp3) is 0.0238. The molecule has 0 saturated carbocycles. The summed E-state index contributed by atoms with van der Waals surface area (Å²) in [4.78, 5) is 26.0. The first-order valence-corrected chi connectivity index (χ1v) is 16.4. The molecule has 0 atom stereocenters. The van der Waals surface area contributed by atoms with Gasteiger partial charge in [-0.2, -0.15) is 0 Å². The summed E-state index contributed by atoms with van der Waals surface area (Å²) >= 11 is 0. The van der Waals surface area contributed by atoms with Crippen LogP contribution in [0.4, 0.5) is 5.69 Å². The largest absolute Gasteiger partial charge is 0.276 e. The minimum absolute atomic E-state index is 0.752. The van der Waals surface area contributed by atoms with E-state index in [4.69, 9.17) is 24.9 Å². The van der Waals surface area contributed by atoms with E-state index in [0.717, 1.165) is 101 Å². The number of hydrogen-bond acceptors (Lipinski definition) is 5. The van der Waals surface area contributed by atoms with Crippen LogP contribution < -0.4 is 0 Å². The van der Waals surface area contributed by atoms with E-state index in [2.05, 4.69) is 106 Å². The van der Waals surface area contributed by atoms with E-state index in [9.17, 15) is 0 Å². The Morgan fingerprint density at radius 2 is 0.898 bits per heavy atom. The zero-order valence-electron chi connectivity index (χ0n) is 26.1. The van der Waals surface area contributed by atoms with Crippen molar-refractivity contribution in [2.24, 2.45) is 4.99 Å². The van der Waals surface area contributed by atoms with Gasteiger partial charge in [0.15, 0.2) is 0 Å². The van der Waals surface area contributed by atoms with Crippen molar-refractivity contribution in [2.45, 2.75) is 6.42 Å². The van der Waals surface area contributed by atoms with Crippen molar-refractivity contribution >= 4 is 66.6 Å². The minimum Gasteiger partial charge on any atom is -0.276 e. The summed E-state index contributed by atoms with van der Waals surface area (Å²) in [5.41, 5.74) is 13.6. The van der Waals surface area contributed by atoms with Crippen LogP contribution in [-0.2, 0) is 6.42 Å². The second-order valence-corrected chi connectivity index (χ2v) is 12.6. The van der Waals surface area contributed by atoms with Crippen molar-refractivity contribution in [1.82, 2.24) is 28.7 Å². The number of rotatable bonds is 3. The van der Waals surface area contributed by atoms with Crippen molar-refractivity contribution in [3.8, 4) is 22.8 Å². The second kappa shape index (κ2) is 9.89. The van der Waals surface area contributed by atoms with Gasteiger partial charge in [-0.05, 0) is 83.9 Å². The number of nitrogens with zero attached hydrogens (tertiary/aromatic N) is 7. The first-order valence-electron chi connectivity index (χ1n) is 16.4. The van der Waals surface area contributed by atoms with Gasteiger partial charge in [-0.15, -0.1) is 0 Å². The number of fused-ring (bicyclic) bond motifs is 11. The summed E-state index contributed by atoms with van der Waals surface area (Å²) < 4.78 is 4.39. The number of aliphatic imine (C=N–C) groups is 1. The lowest BCUT2D eigenvalue weighted by Crippen LogP contribution is -2.05. The predicted octanol–water partition coefficient (Wildman–Crippen LogP) is 9.40. The quantitative estimate of drug-likeness (QED) is 0.196. The van der Waals surface area contributed by atoms with Crippen molar-refractivity contribution in [3.63, 3.8) is 0 Å². The Balaban J connectivity index is 1.26. The molecule has 4 aromatic heterocycles. The van der Waals surface area contributed by atoms with Crippen molar-refractivity contribution in [1.29, 1.82) is 0 Å². The maximum Gasteiger partial charge on any atom is 0.149 e. The number of para-hydroxylation sites is 7. The van der Waals surface area contributed by atoms with Crippen LogP contribution in [-0.4, -0.2) is 34.4 Å². The van der Waals surface area contributed by atoms with E-state index in [-0.39, 0.29) is 0 Å². The molecule has 7 nitrogen and oxygen atoms in total. The SMILES string of the molecule is c1ccc2c(c1)CC(c1cc(-c3nc4ccccc4c4nc5ccccc5n34)cc(-c3nc4ccccc4c4nc5ccccc5n34)c1)=N2. The van der Waals surface area contributed by atoms with E-state index < -0.39 is 0 Å². The van der Waals surface area contributed by atoms with Crippen molar-refractivity contribution in [2.75, 3.05) is 0 Å². The molecule has 228 valence electrons. The summed E-state index contributed by atoms with van der Waals surface area (Å²) in [6, 6.07) is 48.1. The summed E-state index contributed by atoms with van der Waals surface area (Å²) in [7, 11) is 0. The normalized spacial score (nSPS) is 12.9. The van der Waals surface area contributed by atoms with Gasteiger partial charge in [0, 0.05) is 28.3 Å². The summed E-state index contributed by atoms with van der Waals surface area (Å²) in [5.74, 6) is 1.63. The third-order valence-corrected chi connectivity index (χ3v) is 9.68. The first-order chi connectivity index (χ1) is 24.3. The first kappa shape index (κ1) is 26.4. The molecule has 0 amide bonds. The third-order valence-electron chi connectivity index (χ3n) is 9.68. The Labute approximate surface area is 279 Å². The fourth-order valence-corrected chi connectivity index (χ4v) is 7.43. The van der Waals surface area contributed by atoms with E-state index >= 15 is 0 Å². The number of hydrogen-bond donors (Lipinski definition) is 0.